The van der Waals surface area contributed by atoms with E-state index in [2.05, 4.69) is 78.1 Å². The number of fused-ring (bicyclic) bond motifs is 8. The van der Waals surface area contributed by atoms with Gasteiger partial charge in [-0.1, -0.05) is 42.0 Å². The monoisotopic (exact) mass is 458 g/mol. The first-order valence-electron chi connectivity index (χ1n) is 10.8. The minimum absolute atomic E-state index is 0.268. The molecule has 4 nitrogen and oxygen atoms in total. The highest BCUT2D eigenvalue weighted by atomic mass is 32.1. The molecule has 0 unspecified atom stereocenters. The molecule has 0 radical (unpaired) electrons. The molecule has 0 bridgehead atoms. The molecular formula is C29H18N2O2S. The van der Waals surface area contributed by atoms with Crippen LogP contribution in [-0.2, 0) is 4.79 Å². The van der Waals surface area contributed by atoms with Crippen LogP contribution >= 0.6 is 11.3 Å². The second-order valence-corrected chi connectivity index (χ2v) is 9.50. The molecule has 3 heterocycles. The van der Waals surface area contributed by atoms with Crippen LogP contribution in [0.3, 0.4) is 0 Å². The second-order valence-electron chi connectivity index (χ2n) is 8.38. The first kappa shape index (κ1) is 20.2. The molecule has 0 atom stereocenters. The normalized spacial score (nSPS) is 12.1. The molecule has 162 valence electrons. The Morgan fingerprint density at radius 3 is 2.50 bits per heavy atom. The number of aryl methyl sites for hydroxylation is 1. The smallest absolute Gasteiger partial charge is 0.346 e. The number of hydrogen-bond donors (Lipinski definition) is 1. The van der Waals surface area contributed by atoms with Crippen LogP contribution in [0.2, 0.25) is 0 Å². The fraction of sp³-hybridized carbons (Fsp3) is 0.0345. The SMILES string of the molecule is Cc1ccc2c(c1)cc1c3ccccc3c3cc(-c4ccc(/C=C(/C#N)C(=O)O)s4)ccc3n21. The number of thiophene rings is 1. The molecule has 6 aromatic rings. The highest BCUT2D eigenvalue weighted by molar-refractivity contribution is 7.16. The lowest BCUT2D eigenvalue weighted by atomic mass is 10.0. The van der Waals surface area contributed by atoms with Crippen LogP contribution in [0.25, 0.3) is 54.6 Å². The Morgan fingerprint density at radius 2 is 1.71 bits per heavy atom. The molecule has 0 amide bonds. The van der Waals surface area contributed by atoms with Crippen LogP contribution in [0.15, 0.2) is 84.4 Å². The van der Waals surface area contributed by atoms with Crippen molar-refractivity contribution in [3.63, 3.8) is 0 Å². The van der Waals surface area contributed by atoms with Gasteiger partial charge in [0.15, 0.2) is 0 Å². The Bertz CT molecular complexity index is 1860. The molecule has 0 saturated carbocycles. The number of hydrogen-bond acceptors (Lipinski definition) is 3. The third kappa shape index (κ3) is 3.08. The van der Waals surface area contributed by atoms with Crippen LogP contribution in [0.1, 0.15) is 10.4 Å². The van der Waals surface area contributed by atoms with Crippen LogP contribution in [0, 0.1) is 18.3 Å². The number of carboxylic acids is 1. The van der Waals surface area contributed by atoms with Gasteiger partial charge in [-0.15, -0.1) is 11.3 Å². The van der Waals surface area contributed by atoms with E-state index in [9.17, 15) is 4.79 Å². The summed E-state index contributed by atoms with van der Waals surface area (Å²) in [6, 6.07) is 29.4. The Labute approximate surface area is 199 Å². The summed E-state index contributed by atoms with van der Waals surface area (Å²) in [5.41, 5.74) is 5.55. The van der Waals surface area contributed by atoms with Crippen molar-refractivity contribution in [2.75, 3.05) is 0 Å². The van der Waals surface area contributed by atoms with E-state index in [-0.39, 0.29) is 5.57 Å². The predicted octanol–water partition coefficient (Wildman–Crippen LogP) is 7.43. The highest BCUT2D eigenvalue weighted by Crippen LogP contribution is 2.37. The molecule has 6 rings (SSSR count). The minimum Gasteiger partial charge on any atom is -0.477 e. The van der Waals surface area contributed by atoms with Crippen molar-refractivity contribution in [2.45, 2.75) is 6.92 Å². The highest BCUT2D eigenvalue weighted by Gasteiger charge is 2.14. The zero-order valence-electron chi connectivity index (χ0n) is 18.2. The molecule has 0 aliphatic rings. The van der Waals surface area contributed by atoms with Gasteiger partial charge in [0, 0.05) is 25.9 Å². The van der Waals surface area contributed by atoms with Crippen LogP contribution < -0.4 is 0 Å². The summed E-state index contributed by atoms with van der Waals surface area (Å²) in [5, 5.41) is 23.0. The molecule has 0 saturated heterocycles. The maximum absolute atomic E-state index is 11.2. The van der Waals surface area contributed by atoms with Crippen LogP contribution in [0.5, 0.6) is 0 Å². The summed E-state index contributed by atoms with van der Waals surface area (Å²) in [6.45, 7) is 2.12. The molecule has 5 heteroatoms. The maximum atomic E-state index is 11.2. The number of carbonyl (C=O) groups is 1. The standard InChI is InChI=1S/C29H18N2O2S/c1-17-6-9-25-19(12-17)15-27-23-5-3-2-4-22(23)24-14-18(7-10-26(24)31(25)27)28-11-8-21(34-28)13-20(16-30)29(32)33/h2-15H,1H3,(H,32,33)/b20-13-. The quantitative estimate of drug-likeness (QED) is 0.170. The van der Waals surface area contributed by atoms with Gasteiger partial charge in [-0.2, -0.15) is 5.26 Å². The van der Waals surface area contributed by atoms with E-state index in [4.69, 9.17) is 10.4 Å². The maximum Gasteiger partial charge on any atom is 0.346 e. The molecule has 0 aliphatic heterocycles. The Morgan fingerprint density at radius 1 is 0.912 bits per heavy atom. The van der Waals surface area contributed by atoms with Gasteiger partial charge < -0.3 is 9.51 Å². The zero-order chi connectivity index (χ0) is 23.4. The summed E-state index contributed by atoms with van der Waals surface area (Å²) in [5.74, 6) is -1.22. The molecule has 3 aromatic heterocycles. The summed E-state index contributed by atoms with van der Waals surface area (Å²) < 4.78 is 2.34. The summed E-state index contributed by atoms with van der Waals surface area (Å²) in [7, 11) is 0. The summed E-state index contributed by atoms with van der Waals surface area (Å²) in [4.78, 5) is 12.9. The van der Waals surface area contributed by atoms with E-state index in [0.717, 1.165) is 26.2 Å². The van der Waals surface area contributed by atoms with Crippen molar-refractivity contribution in [1.29, 1.82) is 5.26 Å². The van der Waals surface area contributed by atoms with E-state index < -0.39 is 5.97 Å². The Kier molecular flexibility index (Phi) is 4.51. The predicted molar refractivity (Wildman–Crippen MR) is 139 cm³/mol. The van der Waals surface area contributed by atoms with E-state index in [0.29, 0.717) is 0 Å². The second kappa shape index (κ2) is 7.58. The first-order chi connectivity index (χ1) is 16.5. The Hall–Kier alpha value is -4.40. The largest absolute Gasteiger partial charge is 0.477 e. The van der Waals surface area contributed by atoms with Crippen molar-refractivity contribution in [3.05, 3.63) is 94.9 Å². The molecule has 0 aliphatic carbocycles. The van der Waals surface area contributed by atoms with Gasteiger partial charge in [-0.3, -0.25) is 0 Å². The number of pyridine rings is 1. The average molecular weight is 459 g/mol. The van der Waals surface area contributed by atoms with E-state index >= 15 is 0 Å². The third-order valence-electron chi connectivity index (χ3n) is 6.24. The molecule has 0 fully saturated rings. The Balaban J connectivity index is 1.61. The molecule has 0 spiro atoms. The first-order valence-corrected chi connectivity index (χ1v) is 11.7. The number of nitrogens with zero attached hydrogens (tertiary/aromatic N) is 2. The molecule has 1 N–H and O–H groups in total. The van der Waals surface area contributed by atoms with Gasteiger partial charge in [0.1, 0.15) is 11.6 Å². The number of benzene rings is 3. The number of aliphatic carboxylic acids is 1. The van der Waals surface area contributed by atoms with Gasteiger partial charge >= 0.3 is 5.97 Å². The van der Waals surface area contributed by atoms with Crippen molar-refractivity contribution in [2.24, 2.45) is 0 Å². The fourth-order valence-corrected chi connectivity index (χ4v) is 5.65. The van der Waals surface area contributed by atoms with Gasteiger partial charge in [0.25, 0.3) is 0 Å². The number of rotatable bonds is 3. The van der Waals surface area contributed by atoms with Crippen molar-refractivity contribution in [1.82, 2.24) is 4.40 Å². The van der Waals surface area contributed by atoms with Crippen LogP contribution in [-0.4, -0.2) is 15.5 Å². The molecule has 34 heavy (non-hydrogen) atoms. The lowest BCUT2D eigenvalue weighted by molar-refractivity contribution is -0.132. The number of nitriles is 1. The minimum atomic E-state index is -1.22. The third-order valence-corrected chi connectivity index (χ3v) is 7.32. The topological polar surface area (TPSA) is 65.5 Å². The number of carboxylic acid groups (broad SMARTS) is 1. The fourth-order valence-electron chi connectivity index (χ4n) is 4.70. The van der Waals surface area contributed by atoms with Crippen molar-refractivity contribution in [3.8, 4) is 16.5 Å². The lowest BCUT2D eigenvalue weighted by Gasteiger charge is -2.11. The van der Waals surface area contributed by atoms with E-state index in [1.165, 1.54) is 50.2 Å². The molecular weight excluding hydrogens is 440 g/mol. The van der Waals surface area contributed by atoms with Gasteiger partial charge in [0.05, 0.1) is 16.6 Å². The zero-order valence-corrected chi connectivity index (χ0v) is 19.1. The van der Waals surface area contributed by atoms with Crippen molar-refractivity contribution >= 4 is 61.5 Å². The molecule has 3 aromatic carbocycles. The lowest BCUT2D eigenvalue weighted by Crippen LogP contribution is -1.96. The van der Waals surface area contributed by atoms with Gasteiger partial charge in [-0.05, 0) is 66.4 Å². The summed E-state index contributed by atoms with van der Waals surface area (Å²) in [6.07, 6.45) is 1.42. The van der Waals surface area contributed by atoms with Gasteiger partial charge in [0.2, 0.25) is 0 Å². The van der Waals surface area contributed by atoms with Crippen molar-refractivity contribution < 1.29 is 9.90 Å². The van der Waals surface area contributed by atoms with E-state index in [1.807, 2.05) is 12.1 Å². The summed E-state index contributed by atoms with van der Waals surface area (Å²) >= 11 is 1.47. The van der Waals surface area contributed by atoms with Gasteiger partial charge in [-0.25, -0.2) is 4.79 Å². The average Bonchev–Trinajstić information content (AvgIpc) is 3.46. The number of aromatic nitrogens is 1. The van der Waals surface area contributed by atoms with E-state index in [1.54, 1.807) is 6.07 Å². The van der Waals surface area contributed by atoms with Crippen LogP contribution in [0.4, 0.5) is 0 Å².